The summed E-state index contributed by atoms with van der Waals surface area (Å²) in [7, 11) is 0. The van der Waals surface area contributed by atoms with Crippen LogP contribution < -0.4 is 5.32 Å². The molecule has 0 saturated carbocycles. The van der Waals surface area contributed by atoms with Crippen molar-refractivity contribution in [3.05, 3.63) is 118 Å². The Balaban J connectivity index is 1.41. The van der Waals surface area contributed by atoms with Gasteiger partial charge in [0.25, 0.3) is 0 Å². The van der Waals surface area contributed by atoms with E-state index in [0.29, 0.717) is 5.92 Å². The summed E-state index contributed by atoms with van der Waals surface area (Å²) in [5.74, 6) is 0.474. The van der Waals surface area contributed by atoms with Crippen LogP contribution in [0.4, 0.5) is 0 Å². The van der Waals surface area contributed by atoms with Gasteiger partial charge in [0, 0.05) is 41.3 Å². The van der Waals surface area contributed by atoms with Crippen LogP contribution in [0.3, 0.4) is 0 Å². The molecule has 0 amide bonds. The van der Waals surface area contributed by atoms with Gasteiger partial charge in [-0.15, -0.1) is 0 Å². The minimum Gasteiger partial charge on any atom is -0.384 e. The van der Waals surface area contributed by atoms with Crippen LogP contribution in [-0.4, -0.2) is 4.57 Å². The number of benzene rings is 3. The van der Waals surface area contributed by atoms with Crippen LogP contribution in [0.25, 0.3) is 10.9 Å². The molecule has 0 aliphatic heterocycles. The Morgan fingerprint density at radius 2 is 1.70 bits per heavy atom. The fraction of sp³-hybridized carbons (Fsp3) is 0.290. The number of aromatic nitrogens is 1. The maximum absolute atomic E-state index is 4.45. The van der Waals surface area contributed by atoms with Crippen molar-refractivity contribution in [2.24, 2.45) is 5.92 Å². The van der Waals surface area contributed by atoms with Crippen LogP contribution >= 0.6 is 0 Å². The van der Waals surface area contributed by atoms with Crippen molar-refractivity contribution in [3.8, 4) is 0 Å². The minimum atomic E-state index is 0.474. The molecule has 168 valence electrons. The van der Waals surface area contributed by atoms with E-state index < -0.39 is 0 Å². The smallest absolute Gasteiger partial charge is 0.0488 e. The third kappa shape index (κ3) is 4.23. The molecule has 0 fully saturated rings. The molecule has 1 aliphatic carbocycles. The lowest BCUT2D eigenvalue weighted by Crippen LogP contribution is -2.25. The van der Waals surface area contributed by atoms with Crippen molar-refractivity contribution >= 4 is 10.9 Å². The summed E-state index contributed by atoms with van der Waals surface area (Å²) in [5, 5.41) is 5.06. The Bertz CT molecular complexity index is 1320. The van der Waals surface area contributed by atoms with Crippen LogP contribution in [-0.2, 0) is 25.9 Å². The van der Waals surface area contributed by atoms with Gasteiger partial charge in [-0.1, -0.05) is 72.8 Å². The first-order valence-electron chi connectivity index (χ1n) is 12.1. The van der Waals surface area contributed by atoms with E-state index >= 15 is 0 Å². The lowest BCUT2D eigenvalue weighted by atomic mass is 9.84. The Hall–Kier alpha value is -3.26. The van der Waals surface area contributed by atoms with Crippen LogP contribution in [0, 0.1) is 26.7 Å². The molecule has 33 heavy (non-hydrogen) atoms. The highest BCUT2D eigenvalue weighted by molar-refractivity contribution is 5.86. The molecule has 5 rings (SSSR count). The number of nitrogens with zero attached hydrogens (tertiary/aromatic N) is 1. The summed E-state index contributed by atoms with van der Waals surface area (Å²) in [6, 6.07) is 24.4. The van der Waals surface area contributed by atoms with Crippen LogP contribution in [0.1, 0.15) is 45.5 Å². The van der Waals surface area contributed by atoms with E-state index in [1.807, 2.05) is 0 Å². The van der Waals surface area contributed by atoms with Crippen LogP contribution in [0.2, 0.25) is 0 Å². The van der Waals surface area contributed by atoms with Crippen molar-refractivity contribution in [3.63, 3.8) is 0 Å². The van der Waals surface area contributed by atoms with Crippen molar-refractivity contribution < 1.29 is 0 Å². The third-order valence-corrected chi connectivity index (χ3v) is 7.47. The highest BCUT2D eigenvalue weighted by Crippen LogP contribution is 2.37. The molecule has 0 bridgehead atoms. The summed E-state index contributed by atoms with van der Waals surface area (Å²) in [6.07, 6.45) is 3.32. The van der Waals surface area contributed by atoms with Crippen molar-refractivity contribution in [2.45, 2.75) is 53.1 Å². The largest absolute Gasteiger partial charge is 0.384 e. The highest BCUT2D eigenvalue weighted by Gasteiger charge is 2.27. The van der Waals surface area contributed by atoms with Crippen LogP contribution in [0.15, 0.2) is 79.0 Å². The lowest BCUT2D eigenvalue weighted by Gasteiger charge is -2.27. The molecule has 0 unspecified atom stereocenters. The summed E-state index contributed by atoms with van der Waals surface area (Å²) in [4.78, 5) is 0. The predicted octanol–water partition coefficient (Wildman–Crippen LogP) is 7.02. The molecule has 1 heterocycles. The van der Waals surface area contributed by atoms with Gasteiger partial charge in [-0.05, 0) is 73.9 Å². The fourth-order valence-electron chi connectivity index (χ4n) is 5.38. The van der Waals surface area contributed by atoms with E-state index in [4.69, 9.17) is 0 Å². The van der Waals surface area contributed by atoms with E-state index in [1.54, 1.807) is 0 Å². The number of allylic oxidation sites excluding steroid dienone is 1. The Kier molecular flexibility index (Phi) is 5.85. The average molecular weight is 435 g/mol. The lowest BCUT2D eigenvalue weighted by molar-refractivity contribution is 0.481. The van der Waals surface area contributed by atoms with Gasteiger partial charge in [0.15, 0.2) is 0 Å². The molecule has 1 N–H and O–H groups in total. The van der Waals surface area contributed by atoms with E-state index in [0.717, 1.165) is 32.4 Å². The molecule has 4 aromatic rings. The van der Waals surface area contributed by atoms with E-state index in [-0.39, 0.29) is 0 Å². The maximum atomic E-state index is 4.45. The zero-order valence-corrected chi connectivity index (χ0v) is 20.1. The van der Waals surface area contributed by atoms with E-state index in [1.165, 1.54) is 55.7 Å². The summed E-state index contributed by atoms with van der Waals surface area (Å²) in [6.45, 7) is 12.8. The zero-order valence-electron chi connectivity index (χ0n) is 20.1. The normalized spacial score (nSPS) is 15.4. The summed E-state index contributed by atoms with van der Waals surface area (Å²) in [5.41, 5.74) is 12.4. The van der Waals surface area contributed by atoms with Crippen molar-refractivity contribution in [1.82, 2.24) is 9.88 Å². The Morgan fingerprint density at radius 1 is 0.939 bits per heavy atom. The van der Waals surface area contributed by atoms with Gasteiger partial charge in [-0.2, -0.15) is 0 Å². The molecule has 1 aliphatic rings. The van der Waals surface area contributed by atoms with E-state index in [2.05, 4.69) is 104 Å². The third-order valence-electron chi connectivity index (χ3n) is 7.47. The molecule has 2 nitrogen and oxygen atoms in total. The number of hydrogen-bond donors (Lipinski definition) is 1. The molecule has 0 radical (unpaired) electrons. The monoisotopic (exact) mass is 434 g/mol. The fourth-order valence-corrected chi connectivity index (χ4v) is 5.38. The molecule has 2 heteroatoms. The molecule has 1 aromatic heterocycles. The van der Waals surface area contributed by atoms with Gasteiger partial charge in [0.1, 0.15) is 0 Å². The zero-order chi connectivity index (χ0) is 22.9. The highest BCUT2D eigenvalue weighted by atomic mass is 15.0. The number of para-hydroxylation sites is 1. The Labute approximate surface area is 198 Å². The van der Waals surface area contributed by atoms with Gasteiger partial charge in [-0.3, -0.25) is 0 Å². The maximum Gasteiger partial charge on any atom is 0.0488 e. The molecule has 1 atom stereocenters. The number of fused-ring (bicyclic) bond motifs is 3. The van der Waals surface area contributed by atoms with Gasteiger partial charge in [0.2, 0.25) is 0 Å². The van der Waals surface area contributed by atoms with Gasteiger partial charge in [-0.25, -0.2) is 0 Å². The topological polar surface area (TPSA) is 17.0 Å². The number of rotatable bonds is 6. The first-order chi connectivity index (χ1) is 16.0. The van der Waals surface area contributed by atoms with Crippen molar-refractivity contribution in [1.29, 1.82) is 0 Å². The number of hydrogen-bond acceptors (Lipinski definition) is 1. The second-order valence-electron chi connectivity index (χ2n) is 9.70. The molecule has 3 aromatic carbocycles. The average Bonchev–Trinajstić information content (AvgIpc) is 3.14. The summed E-state index contributed by atoms with van der Waals surface area (Å²) < 4.78 is 2.58. The number of nitrogens with one attached hydrogen (secondary N) is 1. The van der Waals surface area contributed by atoms with E-state index in [9.17, 15) is 0 Å². The standard InChI is InChI=1S/C31H34N2/c1-21-13-14-23(3)27(17-21)20-33-30-12-8-7-11-28(30)29-18-25(15-16-31(29)33)24(4)32-19-26-10-6-5-9-22(26)2/h5-14,17,25,32H,4,15-16,18-20H2,1-3H3/t25-/m0/s1. The van der Waals surface area contributed by atoms with Gasteiger partial charge in [0.05, 0.1) is 0 Å². The van der Waals surface area contributed by atoms with Gasteiger partial charge >= 0.3 is 0 Å². The quantitative estimate of drug-likeness (QED) is 0.345. The first kappa shape index (κ1) is 21.6. The predicted molar refractivity (Wildman–Crippen MR) is 140 cm³/mol. The summed E-state index contributed by atoms with van der Waals surface area (Å²) >= 11 is 0. The van der Waals surface area contributed by atoms with Crippen LogP contribution in [0.5, 0.6) is 0 Å². The molecule has 0 spiro atoms. The molecular formula is C31H34N2. The molecular weight excluding hydrogens is 400 g/mol. The minimum absolute atomic E-state index is 0.474. The first-order valence-corrected chi connectivity index (χ1v) is 12.1. The number of aryl methyl sites for hydroxylation is 3. The van der Waals surface area contributed by atoms with Gasteiger partial charge < -0.3 is 9.88 Å². The SMILES string of the molecule is C=C(NCc1ccccc1C)[C@H]1CCc2c(c3ccccc3n2Cc2cc(C)ccc2C)C1. The Morgan fingerprint density at radius 3 is 2.55 bits per heavy atom. The van der Waals surface area contributed by atoms with Crippen molar-refractivity contribution in [2.75, 3.05) is 0 Å². The molecule has 0 saturated heterocycles. The second kappa shape index (κ2) is 8.94. The second-order valence-corrected chi connectivity index (χ2v) is 9.70.